The monoisotopic (exact) mass is 276 g/mol. The number of rotatable bonds is 5. The quantitative estimate of drug-likeness (QED) is 0.910. The van der Waals surface area contributed by atoms with E-state index in [4.69, 9.17) is 0 Å². The summed E-state index contributed by atoms with van der Waals surface area (Å²) in [5, 5.41) is 11.6. The van der Waals surface area contributed by atoms with Gasteiger partial charge in [-0.15, -0.1) is 11.3 Å². The molecule has 4 heteroatoms. The molecule has 2 heterocycles. The second-order valence-corrected chi connectivity index (χ2v) is 5.90. The maximum absolute atomic E-state index is 9.48. The Morgan fingerprint density at radius 2 is 2.11 bits per heavy atom. The van der Waals surface area contributed by atoms with Crippen molar-refractivity contribution in [3.8, 4) is 0 Å². The van der Waals surface area contributed by atoms with Gasteiger partial charge in [0.25, 0.3) is 0 Å². The Labute approximate surface area is 118 Å². The number of anilines is 1. The summed E-state index contributed by atoms with van der Waals surface area (Å²) in [5.41, 5.74) is 0.850. The zero-order chi connectivity index (χ0) is 13.8. The third-order valence-electron chi connectivity index (χ3n) is 3.35. The van der Waals surface area contributed by atoms with E-state index < -0.39 is 6.10 Å². The average Bonchev–Trinajstić information content (AvgIpc) is 2.90. The van der Waals surface area contributed by atoms with E-state index in [9.17, 15) is 5.11 Å². The fourth-order valence-corrected chi connectivity index (χ4v) is 2.76. The van der Waals surface area contributed by atoms with Crippen LogP contribution < -0.4 is 4.90 Å². The molecule has 0 radical (unpaired) electrons. The normalized spacial score (nSPS) is 14.1. The third-order valence-corrected chi connectivity index (χ3v) is 4.25. The maximum atomic E-state index is 9.48. The summed E-state index contributed by atoms with van der Waals surface area (Å²) in [6.45, 7) is 3.95. The standard InChI is InChI=1S/C15H20N2OS/c1-11(9-14-5-4-8-19-14)17(3)15-7-6-13(10-16-15)12(2)18/h4-8,10-12,18H,9H2,1-3H3. The molecule has 0 aromatic carbocycles. The van der Waals surface area contributed by atoms with Crippen molar-refractivity contribution in [1.29, 1.82) is 0 Å². The van der Waals surface area contributed by atoms with Crippen LogP contribution in [0, 0.1) is 0 Å². The molecule has 2 rings (SSSR count). The number of aliphatic hydroxyl groups excluding tert-OH is 1. The predicted octanol–water partition coefficient (Wildman–Crippen LogP) is 3.26. The van der Waals surface area contributed by atoms with Crippen molar-refractivity contribution in [2.75, 3.05) is 11.9 Å². The number of likely N-dealkylation sites (N-methyl/N-ethyl adjacent to an activating group) is 1. The lowest BCUT2D eigenvalue weighted by molar-refractivity contribution is 0.199. The van der Waals surface area contributed by atoms with Gasteiger partial charge >= 0.3 is 0 Å². The van der Waals surface area contributed by atoms with Crippen LogP contribution in [0.3, 0.4) is 0 Å². The van der Waals surface area contributed by atoms with E-state index in [1.807, 2.05) is 12.1 Å². The van der Waals surface area contributed by atoms with E-state index in [1.165, 1.54) is 4.88 Å². The molecule has 2 aromatic rings. The largest absolute Gasteiger partial charge is 0.389 e. The number of nitrogens with zero attached hydrogens (tertiary/aromatic N) is 2. The summed E-state index contributed by atoms with van der Waals surface area (Å²) >= 11 is 1.79. The lowest BCUT2D eigenvalue weighted by Crippen LogP contribution is -2.31. The van der Waals surface area contributed by atoms with E-state index >= 15 is 0 Å². The van der Waals surface area contributed by atoms with Gasteiger partial charge < -0.3 is 10.0 Å². The van der Waals surface area contributed by atoms with Crippen molar-refractivity contribution < 1.29 is 5.11 Å². The summed E-state index contributed by atoms with van der Waals surface area (Å²) in [6, 6.07) is 8.54. The second-order valence-electron chi connectivity index (χ2n) is 4.87. The molecule has 2 aromatic heterocycles. The molecule has 0 aliphatic carbocycles. The lowest BCUT2D eigenvalue weighted by atomic mass is 10.1. The number of thiophene rings is 1. The molecule has 0 spiro atoms. The summed E-state index contributed by atoms with van der Waals surface area (Å²) in [5.74, 6) is 0.938. The Bertz CT molecular complexity index is 493. The predicted molar refractivity (Wildman–Crippen MR) is 80.8 cm³/mol. The van der Waals surface area contributed by atoms with Gasteiger partial charge in [0.05, 0.1) is 6.10 Å². The van der Waals surface area contributed by atoms with Crippen LogP contribution >= 0.6 is 11.3 Å². The van der Waals surface area contributed by atoms with Crippen LogP contribution in [0.15, 0.2) is 35.8 Å². The van der Waals surface area contributed by atoms with Crippen molar-refractivity contribution in [2.24, 2.45) is 0 Å². The Kier molecular flexibility index (Phi) is 4.56. The first-order valence-corrected chi connectivity index (χ1v) is 7.35. The molecule has 2 unspecified atom stereocenters. The van der Waals surface area contributed by atoms with Crippen molar-refractivity contribution in [1.82, 2.24) is 4.98 Å². The van der Waals surface area contributed by atoms with Gasteiger partial charge in [0, 0.05) is 30.6 Å². The molecule has 0 bridgehead atoms. The van der Waals surface area contributed by atoms with E-state index in [0.717, 1.165) is 17.8 Å². The van der Waals surface area contributed by atoms with E-state index in [1.54, 1.807) is 24.5 Å². The molecule has 2 atom stereocenters. The van der Waals surface area contributed by atoms with Gasteiger partial charge in [0.2, 0.25) is 0 Å². The molecule has 19 heavy (non-hydrogen) atoms. The Morgan fingerprint density at radius 3 is 2.63 bits per heavy atom. The first kappa shape index (κ1) is 14.0. The van der Waals surface area contributed by atoms with E-state index in [0.29, 0.717) is 6.04 Å². The number of pyridine rings is 1. The zero-order valence-corrected chi connectivity index (χ0v) is 12.4. The second kappa shape index (κ2) is 6.17. The Morgan fingerprint density at radius 1 is 1.32 bits per heavy atom. The smallest absolute Gasteiger partial charge is 0.128 e. The van der Waals surface area contributed by atoms with Crippen molar-refractivity contribution in [3.63, 3.8) is 0 Å². The van der Waals surface area contributed by atoms with Gasteiger partial charge in [-0.25, -0.2) is 4.98 Å². The summed E-state index contributed by atoms with van der Waals surface area (Å²) < 4.78 is 0. The van der Waals surface area contributed by atoms with Gasteiger partial charge in [0.15, 0.2) is 0 Å². The van der Waals surface area contributed by atoms with Gasteiger partial charge in [-0.2, -0.15) is 0 Å². The third kappa shape index (κ3) is 3.55. The Balaban J connectivity index is 2.04. The van der Waals surface area contributed by atoms with E-state index in [-0.39, 0.29) is 0 Å². The fourth-order valence-electron chi connectivity index (χ4n) is 1.94. The molecule has 1 N–H and O–H groups in total. The van der Waals surface area contributed by atoms with Gasteiger partial charge in [0.1, 0.15) is 5.82 Å². The molecular weight excluding hydrogens is 256 g/mol. The molecule has 0 aliphatic rings. The number of aliphatic hydroxyl groups is 1. The minimum atomic E-state index is -0.463. The van der Waals surface area contributed by atoms with Crippen LogP contribution in [0.5, 0.6) is 0 Å². The van der Waals surface area contributed by atoms with Gasteiger partial charge in [-0.1, -0.05) is 12.1 Å². The first-order valence-electron chi connectivity index (χ1n) is 6.47. The number of aromatic nitrogens is 1. The van der Waals surface area contributed by atoms with E-state index in [2.05, 4.69) is 41.4 Å². The van der Waals surface area contributed by atoms with Crippen LogP contribution in [0.1, 0.15) is 30.4 Å². The highest BCUT2D eigenvalue weighted by molar-refractivity contribution is 7.09. The minimum absolute atomic E-state index is 0.392. The summed E-state index contributed by atoms with van der Waals surface area (Å²) in [7, 11) is 2.06. The first-order chi connectivity index (χ1) is 9.08. The van der Waals surface area contributed by atoms with Crippen LogP contribution in [-0.2, 0) is 6.42 Å². The topological polar surface area (TPSA) is 36.4 Å². The highest BCUT2D eigenvalue weighted by Crippen LogP contribution is 2.19. The van der Waals surface area contributed by atoms with Crippen molar-refractivity contribution >= 4 is 17.2 Å². The van der Waals surface area contributed by atoms with Crippen molar-refractivity contribution in [2.45, 2.75) is 32.4 Å². The molecule has 0 aliphatic heterocycles. The highest BCUT2D eigenvalue weighted by Gasteiger charge is 2.13. The zero-order valence-electron chi connectivity index (χ0n) is 11.6. The SMILES string of the molecule is CC(O)c1ccc(N(C)C(C)Cc2cccs2)nc1. The average molecular weight is 276 g/mol. The summed E-state index contributed by atoms with van der Waals surface area (Å²) in [6.07, 6.45) is 2.30. The molecule has 102 valence electrons. The molecule has 0 saturated heterocycles. The number of hydrogen-bond acceptors (Lipinski definition) is 4. The van der Waals surface area contributed by atoms with Gasteiger partial charge in [-0.05, 0) is 36.9 Å². The molecule has 3 nitrogen and oxygen atoms in total. The Hall–Kier alpha value is -1.39. The molecular formula is C15H20N2OS. The molecule has 0 fully saturated rings. The van der Waals surface area contributed by atoms with Crippen LogP contribution in [0.4, 0.5) is 5.82 Å². The molecule has 0 saturated carbocycles. The highest BCUT2D eigenvalue weighted by atomic mass is 32.1. The van der Waals surface area contributed by atoms with Crippen LogP contribution in [0.25, 0.3) is 0 Å². The minimum Gasteiger partial charge on any atom is -0.389 e. The number of hydrogen-bond donors (Lipinski definition) is 1. The van der Waals surface area contributed by atoms with Crippen molar-refractivity contribution in [3.05, 3.63) is 46.3 Å². The van der Waals surface area contributed by atoms with Crippen LogP contribution in [-0.4, -0.2) is 23.2 Å². The van der Waals surface area contributed by atoms with Gasteiger partial charge in [-0.3, -0.25) is 0 Å². The lowest BCUT2D eigenvalue weighted by Gasteiger charge is -2.25. The fraction of sp³-hybridized carbons (Fsp3) is 0.400. The maximum Gasteiger partial charge on any atom is 0.128 e. The van der Waals surface area contributed by atoms with Crippen LogP contribution in [0.2, 0.25) is 0 Å². The summed E-state index contributed by atoms with van der Waals surface area (Å²) in [4.78, 5) is 7.98. The molecule has 0 amide bonds.